The molecule has 1 aromatic heterocycles. The number of likely N-dealkylation sites (tertiary alicyclic amines) is 1. The molecule has 2 aliphatic rings. The fourth-order valence-electron chi connectivity index (χ4n) is 3.95. The van der Waals surface area contributed by atoms with E-state index in [1.807, 2.05) is 23.1 Å². The highest BCUT2D eigenvalue weighted by Gasteiger charge is 2.47. The van der Waals surface area contributed by atoms with Gasteiger partial charge in [-0.1, -0.05) is 23.7 Å². The van der Waals surface area contributed by atoms with Gasteiger partial charge in [0.05, 0.1) is 6.54 Å². The second-order valence-corrected chi connectivity index (χ2v) is 7.98. The molecule has 1 saturated heterocycles. The molecule has 7 heteroatoms. The Morgan fingerprint density at radius 3 is 3.04 bits per heavy atom. The molecule has 2 fully saturated rings. The van der Waals surface area contributed by atoms with Crippen LogP contribution in [-0.4, -0.2) is 51.9 Å². The van der Waals surface area contributed by atoms with Gasteiger partial charge in [-0.05, 0) is 49.6 Å². The molecule has 1 saturated carbocycles. The first kappa shape index (κ1) is 18.2. The molecule has 0 unspecified atom stereocenters. The largest absolute Gasteiger partial charge is 0.384 e. The SMILES string of the molecule is CN(Cc1nccc(N)n1)[C@@H]1CCN(C(=O)[C@@H]2C[C@@H]2c2cccc(Cl)c2)C1. The highest BCUT2D eigenvalue weighted by Crippen LogP contribution is 2.49. The van der Waals surface area contributed by atoms with Crippen LogP contribution in [0, 0.1) is 5.92 Å². The van der Waals surface area contributed by atoms with Crippen LogP contribution in [-0.2, 0) is 11.3 Å². The van der Waals surface area contributed by atoms with Gasteiger partial charge in [0.1, 0.15) is 11.6 Å². The van der Waals surface area contributed by atoms with Crippen LogP contribution in [0.15, 0.2) is 36.5 Å². The topological polar surface area (TPSA) is 75.4 Å². The van der Waals surface area contributed by atoms with Gasteiger partial charge in [-0.25, -0.2) is 9.97 Å². The normalized spacial score (nSPS) is 24.4. The number of rotatable bonds is 5. The lowest BCUT2D eigenvalue weighted by molar-refractivity contribution is -0.131. The number of nitrogen functional groups attached to an aromatic ring is 1. The molecule has 27 heavy (non-hydrogen) atoms. The Kier molecular flexibility index (Phi) is 5.02. The maximum absolute atomic E-state index is 12.9. The maximum Gasteiger partial charge on any atom is 0.226 e. The van der Waals surface area contributed by atoms with E-state index in [2.05, 4.69) is 28.0 Å². The average molecular weight is 386 g/mol. The van der Waals surface area contributed by atoms with Crippen molar-refractivity contribution in [1.82, 2.24) is 19.8 Å². The molecule has 1 amide bonds. The Balaban J connectivity index is 1.32. The summed E-state index contributed by atoms with van der Waals surface area (Å²) < 4.78 is 0. The summed E-state index contributed by atoms with van der Waals surface area (Å²) in [6.07, 6.45) is 3.57. The van der Waals surface area contributed by atoms with Gasteiger partial charge >= 0.3 is 0 Å². The minimum absolute atomic E-state index is 0.102. The van der Waals surface area contributed by atoms with E-state index in [0.717, 1.165) is 31.0 Å². The number of hydrogen-bond acceptors (Lipinski definition) is 5. The van der Waals surface area contributed by atoms with Crippen LogP contribution in [0.25, 0.3) is 0 Å². The van der Waals surface area contributed by atoms with Gasteiger partial charge in [-0.2, -0.15) is 0 Å². The highest BCUT2D eigenvalue weighted by atomic mass is 35.5. The van der Waals surface area contributed by atoms with Crippen molar-refractivity contribution in [2.75, 3.05) is 25.9 Å². The van der Waals surface area contributed by atoms with E-state index in [4.69, 9.17) is 17.3 Å². The van der Waals surface area contributed by atoms with Gasteiger partial charge in [-0.15, -0.1) is 0 Å². The van der Waals surface area contributed by atoms with Crippen LogP contribution in [0.1, 0.15) is 30.1 Å². The van der Waals surface area contributed by atoms with Crippen molar-refractivity contribution in [1.29, 1.82) is 0 Å². The third-order valence-corrected chi connectivity index (χ3v) is 5.84. The molecule has 0 bridgehead atoms. The zero-order valence-corrected chi connectivity index (χ0v) is 16.1. The minimum atomic E-state index is 0.102. The first-order valence-electron chi connectivity index (χ1n) is 9.33. The lowest BCUT2D eigenvalue weighted by atomic mass is 10.1. The van der Waals surface area contributed by atoms with Crippen molar-refractivity contribution in [3.63, 3.8) is 0 Å². The Labute approximate surface area is 164 Å². The number of benzene rings is 1. The number of carbonyl (C=O) groups excluding carboxylic acids is 1. The van der Waals surface area contributed by atoms with E-state index >= 15 is 0 Å². The smallest absolute Gasteiger partial charge is 0.226 e. The predicted molar refractivity (Wildman–Crippen MR) is 105 cm³/mol. The first-order valence-corrected chi connectivity index (χ1v) is 9.71. The molecule has 0 radical (unpaired) electrons. The molecular weight excluding hydrogens is 362 g/mol. The Morgan fingerprint density at radius 1 is 1.41 bits per heavy atom. The number of hydrogen-bond donors (Lipinski definition) is 1. The number of nitrogens with zero attached hydrogens (tertiary/aromatic N) is 4. The summed E-state index contributed by atoms with van der Waals surface area (Å²) >= 11 is 6.08. The predicted octanol–water partition coefficient (Wildman–Crippen LogP) is 2.55. The molecule has 2 aromatic rings. The standard InChI is InChI=1S/C20H24ClN5O/c1-25(12-19-23-7-5-18(22)24-19)15-6-8-26(11-15)20(27)17-10-16(17)13-3-2-4-14(21)9-13/h2-5,7,9,15-17H,6,8,10-12H2,1H3,(H2,22,23,24)/t15-,16-,17-/m1/s1. The van der Waals surface area contributed by atoms with Gasteiger partial charge in [-0.3, -0.25) is 9.69 Å². The molecule has 1 aromatic carbocycles. The molecule has 3 atom stereocenters. The number of aromatic nitrogens is 2. The van der Waals surface area contributed by atoms with Crippen molar-refractivity contribution < 1.29 is 4.79 Å². The Bertz CT molecular complexity index is 845. The number of anilines is 1. The number of amides is 1. The van der Waals surface area contributed by atoms with Crippen LogP contribution in [0.2, 0.25) is 5.02 Å². The van der Waals surface area contributed by atoms with Gasteiger partial charge in [0.2, 0.25) is 5.91 Å². The lowest BCUT2D eigenvalue weighted by Gasteiger charge is -2.24. The summed E-state index contributed by atoms with van der Waals surface area (Å²) in [5, 5.41) is 0.734. The van der Waals surface area contributed by atoms with Crippen molar-refractivity contribution in [3.8, 4) is 0 Å². The quantitative estimate of drug-likeness (QED) is 0.856. The molecule has 1 aliphatic heterocycles. The van der Waals surface area contributed by atoms with Crippen molar-refractivity contribution in [2.24, 2.45) is 5.92 Å². The number of halogens is 1. The maximum atomic E-state index is 12.9. The molecule has 6 nitrogen and oxygen atoms in total. The monoisotopic (exact) mass is 385 g/mol. The summed E-state index contributed by atoms with van der Waals surface area (Å²) in [5.41, 5.74) is 6.90. The third-order valence-electron chi connectivity index (χ3n) is 5.60. The van der Waals surface area contributed by atoms with Crippen LogP contribution >= 0.6 is 11.6 Å². The average Bonchev–Trinajstić information content (AvgIpc) is 3.29. The van der Waals surface area contributed by atoms with E-state index in [1.165, 1.54) is 5.56 Å². The van der Waals surface area contributed by atoms with E-state index in [1.54, 1.807) is 12.3 Å². The van der Waals surface area contributed by atoms with E-state index < -0.39 is 0 Å². The highest BCUT2D eigenvalue weighted by molar-refractivity contribution is 6.30. The van der Waals surface area contributed by atoms with E-state index in [-0.39, 0.29) is 11.8 Å². The minimum Gasteiger partial charge on any atom is -0.384 e. The number of likely N-dealkylation sites (N-methyl/N-ethyl adjacent to an activating group) is 1. The van der Waals surface area contributed by atoms with Crippen LogP contribution in [0.3, 0.4) is 0 Å². The molecule has 0 spiro atoms. The van der Waals surface area contributed by atoms with Crippen LogP contribution in [0.5, 0.6) is 0 Å². The molecular formula is C20H24ClN5O. The van der Waals surface area contributed by atoms with E-state index in [0.29, 0.717) is 30.1 Å². The zero-order chi connectivity index (χ0) is 19.0. The first-order chi connectivity index (χ1) is 13.0. The lowest BCUT2D eigenvalue weighted by Crippen LogP contribution is -2.37. The molecule has 142 valence electrons. The third kappa shape index (κ3) is 4.06. The molecule has 1 aliphatic carbocycles. The summed E-state index contributed by atoms with van der Waals surface area (Å²) in [6.45, 7) is 2.20. The van der Waals surface area contributed by atoms with Gasteiger partial charge in [0, 0.05) is 36.3 Å². The van der Waals surface area contributed by atoms with Gasteiger partial charge in [0.15, 0.2) is 0 Å². The van der Waals surface area contributed by atoms with Crippen molar-refractivity contribution >= 4 is 23.3 Å². The number of carbonyl (C=O) groups is 1. The summed E-state index contributed by atoms with van der Waals surface area (Å²) in [7, 11) is 2.05. The second-order valence-electron chi connectivity index (χ2n) is 7.54. The zero-order valence-electron chi connectivity index (χ0n) is 15.4. The fourth-order valence-corrected chi connectivity index (χ4v) is 4.15. The fraction of sp³-hybridized carbons (Fsp3) is 0.450. The van der Waals surface area contributed by atoms with Crippen LogP contribution < -0.4 is 5.73 Å². The van der Waals surface area contributed by atoms with Crippen LogP contribution in [0.4, 0.5) is 5.82 Å². The Hall–Kier alpha value is -2.18. The number of nitrogens with two attached hydrogens (primary N) is 1. The molecule has 2 N–H and O–H groups in total. The van der Waals surface area contributed by atoms with Gasteiger partial charge < -0.3 is 10.6 Å². The van der Waals surface area contributed by atoms with Crippen molar-refractivity contribution in [3.05, 3.63) is 52.9 Å². The second kappa shape index (κ2) is 7.44. The molecule has 4 rings (SSSR count). The Morgan fingerprint density at radius 2 is 2.26 bits per heavy atom. The summed E-state index contributed by atoms with van der Waals surface area (Å²) in [4.78, 5) is 25.6. The van der Waals surface area contributed by atoms with E-state index in [9.17, 15) is 4.79 Å². The van der Waals surface area contributed by atoms with Gasteiger partial charge in [0.25, 0.3) is 0 Å². The van der Waals surface area contributed by atoms with Crippen molar-refractivity contribution in [2.45, 2.75) is 31.3 Å². The molecule has 2 heterocycles. The summed E-state index contributed by atoms with van der Waals surface area (Å²) in [6, 6.07) is 9.88. The summed E-state index contributed by atoms with van der Waals surface area (Å²) in [5.74, 6) is 1.89.